The second kappa shape index (κ2) is 4.79. The van der Waals surface area contributed by atoms with Crippen LogP contribution in [-0.4, -0.2) is 30.4 Å². The molecule has 3 heteroatoms. The Labute approximate surface area is 91.3 Å². The summed E-state index contributed by atoms with van der Waals surface area (Å²) in [5.74, 6) is 0.989. The van der Waals surface area contributed by atoms with Gasteiger partial charge >= 0.3 is 0 Å². The molecule has 1 aliphatic heterocycles. The summed E-state index contributed by atoms with van der Waals surface area (Å²) in [6.07, 6.45) is 7.84. The number of rotatable bonds is 2. The van der Waals surface area contributed by atoms with Crippen LogP contribution in [0.2, 0.25) is 0 Å². The molecule has 0 radical (unpaired) electrons. The Kier molecular flexibility index (Phi) is 3.41. The summed E-state index contributed by atoms with van der Waals surface area (Å²) in [4.78, 5) is 13.7. The summed E-state index contributed by atoms with van der Waals surface area (Å²) >= 11 is 0. The number of carbonyl (C=O) groups is 1. The largest absolute Gasteiger partial charge is 0.339 e. The first-order chi connectivity index (χ1) is 7.31. The minimum Gasteiger partial charge on any atom is -0.339 e. The smallest absolute Gasteiger partial charge is 0.224 e. The van der Waals surface area contributed by atoms with E-state index in [1.807, 2.05) is 4.90 Å². The topological polar surface area (TPSA) is 46.3 Å². The fraction of sp³-hybridized carbons (Fsp3) is 0.750. The van der Waals surface area contributed by atoms with Gasteiger partial charge in [0.05, 0.1) is 0 Å². The third kappa shape index (κ3) is 2.40. The van der Waals surface area contributed by atoms with E-state index >= 15 is 0 Å². The van der Waals surface area contributed by atoms with Gasteiger partial charge in [-0.2, -0.15) is 0 Å². The molecule has 3 nitrogen and oxygen atoms in total. The van der Waals surface area contributed by atoms with Crippen molar-refractivity contribution in [2.75, 3.05) is 19.6 Å². The first kappa shape index (κ1) is 10.7. The molecule has 1 fully saturated rings. The number of allylic oxidation sites excluding steroid dienone is 1. The minimum atomic E-state index is 0.224. The summed E-state index contributed by atoms with van der Waals surface area (Å²) in [5, 5.41) is 0. The maximum Gasteiger partial charge on any atom is 0.224 e. The van der Waals surface area contributed by atoms with Crippen LogP contribution in [-0.2, 0) is 4.79 Å². The Morgan fingerprint density at radius 2 is 2.40 bits per heavy atom. The molecule has 1 unspecified atom stereocenters. The van der Waals surface area contributed by atoms with Crippen LogP contribution in [0.1, 0.15) is 32.1 Å². The molecule has 1 atom stereocenters. The van der Waals surface area contributed by atoms with E-state index in [4.69, 9.17) is 5.73 Å². The number of carbonyl (C=O) groups excluding carboxylic acids is 1. The SMILES string of the molecule is NCCC(=O)N1CCC2CCCC=C2C1. The summed E-state index contributed by atoms with van der Waals surface area (Å²) in [6, 6.07) is 0. The Bertz CT molecular complexity index is 273. The summed E-state index contributed by atoms with van der Waals surface area (Å²) in [6.45, 7) is 2.27. The third-order valence-corrected chi connectivity index (χ3v) is 3.52. The number of likely N-dealkylation sites (tertiary alicyclic amines) is 1. The van der Waals surface area contributed by atoms with Crippen LogP contribution in [0.3, 0.4) is 0 Å². The van der Waals surface area contributed by atoms with Crippen LogP contribution in [0.15, 0.2) is 11.6 Å². The molecule has 0 aromatic rings. The molecule has 2 rings (SSSR count). The number of nitrogens with zero attached hydrogens (tertiary/aromatic N) is 1. The molecule has 0 spiro atoms. The van der Waals surface area contributed by atoms with Crippen molar-refractivity contribution in [3.63, 3.8) is 0 Å². The van der Waals surface area contributed by atoms with Crippen LogP contribution in [0, 0.1) is 5.92 Å². The fourth-order valence-electron chi connectivity index (χ4n) is 2.63. The average Bonchev–Trinajstić information content (AvgIpc) is 2.29. The van der Waals surface area contributed by atoms with E-state index in [1.54, 1.807) is 0 Å². The van der Waals surface area contributed by atoms with Gasteiger partial charge < -0.3 is 10.6 Å². The van der Waals surface area contributed by atoms with E-state index in [1.165, 1.54) is 24.8 Å². The number of hydrogen-bond donors (Lipinski definition) is 1. The van der Waals surface area contributed by atoms with Crippen LogP contribution < -0.4 is 5.73 Å². The summed E-state index contributed by atoms with van der Waals surface area (Å²) in [7, 11) is 0. The molecule has 2 N–H and O–H groups in total. The van der Waals surface area contributed by atoms with Crippen molar-refractivity contribution in [2.24, 2.45) is 11.7 Å². The van der Waals surface area contributed by atoms with Crippen molar-refractivity contribution in [1.82, 2.24) is 4.90 Å². The zero-order chi connectivity index (χ0) is 10.7. The van der Waals surface area contributed by atoms with Crippen molar-refractivity contribution < 1.29 is 4.79 Å². The lowest BCUT2D eigenvalue weighted by molar-refractivity contribution is -0.131. The number of amides is 1. The van der Waals surface area contributed by atoms with E-state index in [2.05, 4.69) is 6.08 Å². The Morgan fingerprint density at radius 1 is 1.53 bits per heavy atom. The molecule has 1 saturated heterocycles. The molecule has 1 heterocycles. The van der Waals surface area contributed by atoms with E-state index in [-0.39, 0.29) is 5.91 Å². The van der Waals surface area contributed by atoms with Gasteiger partial charge in [0.15, 0.2) is 0 Å². The highest BCUT2D eigenvalue weighted by Gasteiger charge is 2.27. The first-order valence-corrected chi connectivity index (χ1v) is 5.98. The second-order valence-electron chi connectivity index (χ2n) is 4.55. The van der Waals surface area contributed by atoms with Crippen molar-refractivity contribution in [2.45, 2.75) is 32.1 Å². The molecule has 84 valence electrons. The minimum absolute atomic E-state index is 0.224. The number of hydrogen-bond acceptors (Lipinski definition) is 2. The van der Waals surface area contributed by atoms with Crippen molar-refractivity contribution in [3.8, 4) is 0 Å². The number of fused-ring (bicyclic) bond motifs is 1. The molecule has 0 bridgehead atoms. The van der Waals surface area contributed by atoms with E-state index < -0.39 is 0 Å². The normalized spacial score (nSPS) is 25.8. The average molecular weight is 208 g/mol. The van der Waals surface area contributed by atoms with E-state index in [0.717, 1.165) is 25.4 Å². The van der Waals surface area contributed by atoms with Gasteiger partial charge in [-0.3, -0.25) is 4.79 Å². The predicted molar refractivity (Wildman–Crippen MR) is 60.3 cm³/mol. The van der Waals surface area contributed by atoms with Crippen molar-refractivity contribution >= 4 is 5.91 Å². The fourth-order valence-corrected chi connectivity index (χ4v) is 2.63. The van der Waals surface area contributed by atoms with Crippen LogP contribution in [0.4, 0.5) is 0 Å². The molecule has 0 aromatic carbocycles. The van der Waals surface area contributed by atoms with E-state index in [9.17, 15) is 4.79 Å². The Balaban J connectivity index is 1.96. The van der Waals surface area contributed by atoms with Gasteiger partial charge in [0.25, 0.3) is 0 Å². The molecule has 0 saturated carbocycles. The zero-order valence-electron chi connectivity index (χ0n) is 9.24. The Morgan fingerprint density at radius 3 is 3.20 bits per heavy atom. The predicted octanol–water partition coefficient (Wildman–Crippen LogP) is 1.29. The lowest BCUT2D eigenvalue weighted by Crippen LogP contribution is -2.41. The lowest BCUT2D eigenvalue weighted by atomic mass is 9.82. The molecule has 1 aliphatic carbocycles. The quantitative estimate of drug-likeness (QED) is 0.695. The third-order valence-electron chi connectivity index (χ3n) is 3.52. The highest BCUT2D eigenvalue weighted by molar-refractivity contribution is 5.76. The van der Waals surface area contributed by atoms with Gasteiger partial charge in [0.2, 0.25) is 5.91 Å². The maximum absolute atomic E-state index is 11.7. The number of nitrogens with two attached hydrogens (primary N) is 1. The van der Waals surface area contributed by atoms with Crippen molar-refractivity contribution in [1.29, 1.82) is 0 Å². The van der Waals surface area contributed by atoms with E-state index in [0.29, 0.717) is 13.0 Å². The molecule has 0 aromatic heterocycles. The van der Waals surface area contributed by atoms with Gasteiger partial charge in [-0.15, -0.1) is 0 Å². The van der Waals surface area contributed by atoms with Crippen LogP contribution in [0.5, 0.6) is 0 Å². The van der Waals surface area contributed by atoms with Gasteiger partial charge in [-0.1, -0.05) is 11.6 Å². The maximum atomic E-state index is 11.7. The molecule has 2 aliphatic rings. The van der Waals surface area contributed by atoms with Gasteiger partial charge in [0, 0.05) is 26.1 Å². The first-order valence-electron chi connectivity index (χ1n) is 5.98. The van der Waals surface area contributed by atoms with Gasteiger partial charge in [-0.05, 0) is 31.6 Å². The molecular weight excluding hydrogens is 188 g/mol. The standard InChI is InChI=1S/C12H20N2O/c13-7-5-12(15)14-8-6-10-3-1-2-4-11(10)9-14/h4,10H,1-3,5-9,13H2. The molecular formula is C12H20N2O. The van der Waals surface area contributed by atoms with Gasteiger partial charge in [0.1, 0.15) is 0 Å². The van der Waals surface area contributed by atoms with Crippen molar-refractivity contribution in [3.05, 3.63) is 11.6 Å². The monoisotopic (exact) mass is 208 g/mol. The highest BCUT2D eigenvalue weighted by Crippen LogP contribution is 2.31. The van der Waals surface area contributed by atoms with Crippen LogP contribution in [0.25, 0.3) is 0 Å². The zero-order valence-corrected chi connectivity index (χ0v) is 9.24. The number of piperidine rings is 1. The van der Waals surface area contributed by atoms with Gasteiger partial charge in [-0.25, -0.2) is 0 Å². The summed E-state index contributed by atoms with van der Waals surface area (Å²) < 4.78 is 0. The highest BCUT2D eigenvalue weighted by atomic mass is 16.2. The molecule has 1 amide bonds. The molecule has 15 heavy (non-hydrogen) atoms. The van der Waals surface area contributed by atoms with Crippen LogP contribution >= 0.6 is 0 Å². The second-order valence-corrected chi connectivity index (χ2v) is 4.55. The Hall–Kier alpha value is -0.830. The lowest BCUT2D eigenvalue weighted by Gasteiger charge is -2.36. The summed E-state index contributed by atoms with van der Waals surface area (Å²) in [5.41, 5.74) is 6.90.